The molecule has 2 nitrogen and oxygen atoms in total. The fourth-order valence-electron chi connectivity index (χ4n) is 2.11. The Bertz CT molecular complexity index is 567. The summed E-state index contributed by atoms with van der Waals surface area (Å²) in [6, 6.07) is 14.8. The van der Waals surface area contributed by atoms with Crippen LogP contribution in [-0.4, -0.2) is 13.6 Å². The highest BCUT2D eigenvalue weighted by molar-refractivity contribution is 5.24. The number of rotatable bonds is 6. The second kappa shape index (κ2) is 7.42. The van der Waals surface area contributed by atoms with Crippen molar-refractivity contribution < 1.29 is 17.9 Å². The molecule has 0 amide bonds. The Labute approximate surface area is 127 Å². The van der Waals surface area contributed by atoms with Gasteiger partial charge in [-0.05, 0) is 30.3 Å². The van der Waals surface area contributed by atoms with E-state index in [1.807, 2.05) is 37.4 Å². The number of hydrogen-bond donors (Lipinski definition) is 1. The van der Waals surface area contributed by atoms with Crippen LogP contribution in [0.15, 0.2) is 54.6 Å². The Morgan fingerprint density at radius 2 is 1.64 bits per heavy atom. The van der Waals surface area contributed by atoms with Gasteiger partial charge in [-0.1, -0.05) is 42.5 Å². The van der Waals surface area contributed by atoms with Crippen molar-refractivity contribution >= 4 is 0 Å². The molecular weight excluding hydrogens is 291 g/mol. The molecule has 22 heavy (non-hydrogen) atoms. The van der Waals surface area contributed by atoms with Gasteiger partial charge in [0.1, 0.15) is 0 Å². The van der Waals surface area contributed by atoms with Gasteiger partial charge in [-0.2, -0.15) is 13.2 Å². The number of alkyl halides is 3. The highest BCUT2D eigenvalue weighted by Crippen LogP contribution is 2.29. The molecule has 2 aromatic carbocycles. The molecule has 0 saturated heterocycles. The maximum Gasteiger partial charge on any atom is 0.416 e. The van der Waals surface area contributed by atoms with E-state index in [4.69, 9.17) is 4.74 Å². The monoisotopic (exact) mass is 309 g/mol. The van der Waals surface area contributed by atoms with Crippen molar-refractivity contribution in [1.29, 1.82) is 0 Å². The van der Waals surface area contributed by atoms with Crippen LogP contribution in [-0.2, 0) is 17.5 Å². The summed E-state index contributed by atoms with van der Waals surface area (Å²) in [4.78, 5) is 0. The standard InChI is InChI=1S/C17H18F3NO/c1-21-11-16(14-5-3-2-4-6-14)22-12-13-7-9-15(10-8-13)17(18,19)20/h2-10,16,21H,11-12H2,1H3. The third kappa shape index (κ3) is 4.58. The van der Waals surface area contributed by atoms with Crippen molar-refractivity contribution in [2.45, 2.75) is 18.9 Å². The predicted octanol–water partition coefficient (Wildman–Crippen LogP) is 4.18. The molecule has 0 bridgehead atoms. The summed E-state index contributed by atoms with van der Waals surface area (Å²) >= 11 is 0. The lowest BCUT2D eigenvalue weighted by Gasteiger charge is -2.18. The first-order valence-electron chi connectivity index (χ1n) is 6.98. The van der Waals surface area contributed by atoms with E-state index >= 15 is 0 Å². The highest BCUT2D eigenvalue weighted by atomic mass is 19.4. The summed E-state index contributed by atoms with van der Waals surface area (Å²) in [7, 11) is 1.83. The van der Waals surface area contributed by atoms with Crippen LogP contribution in [0, 0.1) is 0 Å². The lowest BCUT2D eigenvalue weighted by atomic mass is 10.1. The van der Waals surface area contributed by atoms with Gasteiger partial charge in [0.2, 0.25) is 0 Å². The van der Waals surface area contributed by atoms with Gasteiger partial charge in [-0.3, -0.25) is 0 Å². The third-order valence-electron chi connectivity index (χ3n) is 3.29. The minimum atomic E-state index is -4.31. The topological polar surface area (TPSA) is 21.3 Å². The summed E-state index contributed by atoms with van der Waals surface area (Å²) in [5, 5.41) is 3.06. The first-order valence-corrected chi connectivity index (χ1v) is 6.98. The second-order valence-corrected chi connectivity index (χ2v) is 4.96. The Morgan fingerprint density at radius 3 is 2.18 bits per heavy atom. The van der Waals surface area contributed by atoms with Crippen molar-refractivity contribution in [3.05, 3.63) is 71.3 Å². The second-order valence-electron chi connectivity index (χ2n) is 4.96. The number of nitrogens with one attached hydrogen (secondary N) is 1. The molecule has 118 valence electrons. The number of likely N-dealkylation sites (N-methyl/N-ethyl adjacent to an activating group) is 1. The first-order chi connectivity index (χ1) is 10.5. The van der Waals surface area contributed by atoms with Crippen molar-refractivity contribution in [1.82, 2.24) is 5.32 Å². The molecule has 1 atom stereocenters. The molecule has 0 heterocycles. The van der Waals surface area contributed by atoms with Gasteiger partial charge in [0.15, 0.2) is 0 Å². The van der Waals surface area contributed by atoms with Crippen molar-refractivity contribution in [3.63, 3.8) is 0 Å². The maximum atomic E-state index is 12.5. The van der Waals surface area contributed by atoms with Crippen LogP contribution in [0.5, 0.6) is 0 Å². The molecule has 0 saturated carbocycles. The molecule has 0 aliphatic carbocycles. The number of ether oxygens (including phenoxy) is 1. The van der Waals surface area contributed by atoms with Crippen LogP contribution < -0.4 is 5.32 Å². The average Bonchev–Trinajstić information content (AvgIpc) is 2.52. The minimum absolute atomic E-state index is 0.145. The van der Waals surface area contributed by atoms with E-state index in [2.05, 4.69) is 5.32 Å². The van der Waals surface area contributed by atoms with Crippen LogP contribution in [0.1, 0.15) is 22.8 Å². The third-order valence-corrected chi connectivity index (χ3v) is 3.29. The van der Waals surface area contributed by atoms with Crippen LogP contribution in [0.3, 0.4) is 0 Å². The molecule has 2 rings (SSSR count). The van der Waals surface area contributed by atoms with Gasteiger partial charge in [0.25, 0.3) is 0 Å². The summed E-state index contributed by atoms with van der Waals surface area (Å²) in [5.74, 6) is 0. The van der Waals surface area contributed by atoms with Crippen molar-refractivity contribution in [3.8, 4) is 0 Å². The lowest BCUT2D eigenvalue weighted by molar-refractivity contribution is -0.137. The Kier molecular flexibility index (Phi) is 5.57. The fourth-order valence-corrected chi connectivity index (χ4v) is 2.11. The van der Waals surface area contributed by atoms with E-state index in [0.717, 1.165) is 17.7 Å². The highest BCUT2D eigenvalue weighted by Gasteiger charge is 2.29. The fraction of sp³-hybridized carbons (Fsp3) is 0.294. The van der Waals surface area contributed by atoms with Crippen molar-refractivity contribution in [2.75, 3.05) is 13.6 Å². The van der Waals surface area contributed by atoms with Crippen molar-refractivity contribution in [2.24, 2.45) is 0 Å². The molecule has 0 radical (unpaired) electrons. The normalized spacial score (nSPS) is 13.1. The number of halogens is 3. The SMILES string of the molecule is CNCC(OCc1ccc(C(F)(F)F)cc1)c1ccccc1. The van der Waals surface area contributed by atoms with Gasteiger partial charge in [0.05, 0.1) is 18.3 Å². The van der Waals surface area contributed by atoms with Crippen LogP contribution in [0.4, 0.5) is 13.2 Å². The molecule has 2 aromatic rings. The predicted molar refractivity (Wildman–Crippen MR) is 79.3 cm³/mol. The number of benzene rings is 2. The molecule has 0 fully saturated rings. The zero-order valence-corrected chi connectivity index (χ0v) is 12.2. The molecule has 5 heteroatoms. The zero-order chi connectivity index (χ0) is 16.0. The summed E-state index contributed by atoms with van der Waals surface area (Å²) in [6.45, 7) is 0.893. The van der Waals surface area contributed by atoms with Crippen LogP contribution in [0.25, 0.3) is 0 Å². The van der Waals surface area contributed by atoms with E-state index < -0.39 is 11.7 Å². The number of hydrogen-bond acceptors (Lipinski definition) is 2. The van der Waals surface area contributed by atoms with Gasteiger partial charge >= 0.3 is 6.18 Å². The summed E-state index contributed by atoms with van der Waals surface area (Å²) < 4.78 is 43.4. The Hall–Kier alpha value is -1.85. The lowest BCUT2D eigenvalue weighted by Crippen LogP contribution is -2.19. The van der Waals surface area contributed by atoms with Crippen LogP contribution in [0.2, 0.25) is 0 Å². The van der Waals surface area contributed by atoms with Gasteiger partial charge in [0, 0.05) is 6.54 Å². The molecule has 0 aromatic heterocycles. The van der Waals surface area contributed by atoms with E-state index in [0.29, 0.717) is 12.1 Å². The van der Waals surface area contributed by atoms with E-state index in [-0.39, 0.29) is 12.7 Å². The Morgan fingerprint density at radius 1 is 1.00 bits per heavy atom. The average molecular weight is 309 g/mol. The zero-order valence-electron chi connectivity index (χ0n) is 12.2. The Balaban J connectivity index is 2.01. The van der Waals surface area contributed by atoms with E-state index in [1.165, 1.54) is 12.1 Å². The molecule has 0 aliphatic rings. The molecule has 1 N–H and O–H groups in total. The summed E-state index contributed by atoms with van der Waals surface area (Å²) in [6.07, 6.45) is -4.45. The first kappa shape index (κ1) is 16.5. The quantitative estimate of drug-likeness (QED) is 0.864. The van der Waals surface area contributed by atoms with E-state index in [9.17, 15) is 13.2 Å². The smallest absolute Gasteiger partial charge is 0.368 e. The van der Waals surface area contributed by atoms with E-state index in [1.54, 1.807) is 0 Å². The molecular formula is C17H18F3NO. The largest absolute Gasteiger partial charge is 0.416 e. The van der Waals surface area contributed by atoms with Gasteiger partial charge < -0.3 is 10.1 Å². The van der Waals surface area contributed by atoms with Gasteiger partial charge in [-0.15, -0.1) is 0 Å². The molecule has 0 spiro atoms. The molecule has 1 unspecified atom stereocenters. The van der Waals surface area contributed by atoms with Crippen LogP contribution >= 0.6 is 0 Å². The molecule has 0 aliphatic heterocycles. The minimum Gasteiger partial charge on any atom is -0.368 e. The van der Waals surface area contributed by atoms with Gasteiger partial charge in [-0.25, -0.2) is 0 Å². The maximum absolute atomic E-state index is 12.5. The summed E-state index contributed by atoms with van der Waals surface area (Å²) in [5.41, 5.74) is 1.10.